The summed E-state index contributed by atoms with van der Waals surface area (Å²) >= 11 is 3.41. The van der Waals surface area contributed by atoms with Crippen molar-refractivity contribution in [2.24, 2.45) is 0 Å². The molecule has 3 aromatic rings. The molecule has 0 amide bonds. The summed E-state index contributed by atoms with van der Waals surface area (Å²) in [6, 6.07) is 10.1. The van der Waals surface area contributed by atoms with Gasteiger partial charge in [0.2, 0.25) is 11.7 Å². The fraction of sp³-hybridized carbons (Fsp3) is 0.278. The highest BCUT2D eigenvalue weighted by Crippen LogP contribution is 2.30. The number of benzene rings is 1. The molecule has 0 radical (unpaired) electrons. The van der Waals surface area contributed by atoms with Crippen molar-refractivity contribution in [1.82, 2.24) is 15.1 Å². The summed E-state index contributed by atoms with van der Waals surface area (Å²) in [5, 5.41) is 4.05. The first-order chi connectivity index (χ1) is 12.2. The molecule has 128 valence electrons. The van der Waals surface area contributed by atoms with Crippen LogP contribution in [0.5, 0.6) is 0 Å². The van der Waals surface area contributed by atoms with Crippen LogP contribution in [0, 0.1) is 5.82 Å². The van der Waals surface area contributed by atoms with Crippen molar-refractivity contribution in [3.63, 3.8) is 0 Å². The largest absolute Gasteiger partial charge is 0.356 e. The van der Waals surface area contributed by atoms with Crippen LogP contribution in [0.25, 0.3) is 11.4 Å². The molecule has 1 unspecified atom stereocenters. The summed E-state index contributed by atoms with van der Waals surface area (Å²) in [4.78, 5) is 11.2. The summed E-state index contributed by atoms with van der Waals surface area (Å²) in [6.07, 6.45) is 3.84. The molecule has 1 saturated heterocycles. The second kappa shape index (κ2) is 6.92. The number of nitrogens with zero attached hydrogens (tertiary/aromatic N) is 4. The van der Waals surface area contributed by atoms with Gasteiger partial charge in [-0.3, -0.25) is 0 Å². The molecular formula is C18H16BrFN4O. The number of anilines is 1. The van der Waals surface area contributed by atoms with Gasteiger partial charge < -0.3 is 9.42 Å². The molecule has 1 aromatic carbocycles. The first-order valence-electron chi connectivity index (χ1n) is 8.15. The fourth-order valence-electron chi connectivity index (χ4n) is 3.06. The smallest absolute Gasteiger partial charge is 0.231 e. The summed E-state index contributed by atoms with van der Waals surface area (Å²) < 4.78 is 19.5. The SMILES string of the molecule is Fc1ccc(-c2noc(C3CCCN(c4ccc(Br)cn4)C3)n2)cc1. The van der Waals surface area contributed by atoms with Gasteiger partial charge in [0, 0.05) is 29.3 Å². The third-order valence-corrected chi connectivity index (χ3v) is 4.82. The number of piperidine rings is 1. The van der Waals surface area contributed by atoms with Crippen LogP contribution in [-0.2, 0) is 0 Å². The first kappa shape index (κ1) is 16.2. The molecule has 25 heavy (non-hydrogen) atoms. The minimum Gasteiger partial charge on any atom is -0.356 e. The van der Waals surface area contributed by atoms with Crippen molar-refractivity contribution in [3.05, 3.63) is 58.8 Å². The van der Waals surface area contributed by atoms with Gasteiger partial charge >= 0.3 is 0 Å². The van der Waals surface area contributed by atoms with Gasteiger partial charge in [-0.25, -0.2) is 9.37 Å². The maximum absolute atomic E-state index is 13.0. The summed E-state index contributed by atoms with van der Waals surface area (Å²) in [5.74, 6) is 1.96. The zero-order valence-electron chi connectivity index (χ0n) is 13.4. The zero-order valence-corrected chi connectivity index (χ0v) is 15.0. The molecule has 0 bridgehead atoms. The van der Waals surface area contributed by atoms with Crippen LogP contribution in [0.2, 0.25) is 0 Å². The standard InChI is InChI=1S/C18H16BrFN4O/c19-14-5-8-16(21-10-14)24-9-1-2-13(11-24)18-22-17(23-25-18)12-3-6-15(20)7-4-12/h3-8,10,13H,1-2,9,11H2. The Hall–Kier alpha value is -2.28. The topological polar surface area (TPSA) is 55.1 Å². The molecule has 0 aliphatic carbocycles. The van der Waals surface area contributed by atoms with Gasteiger partial charge in [-0.15, -0.1) is 0 Å². The fourth-order valence-corrected chi connectivity index (χ4v) is 3.29. The summed E-state index contributed by atoms with van der Waals surface area (Å²) in [5.41, 5.74) is 0.749. The normalized spacial score (nSPS) is 17.7. The van der Waals surface area contributed by atoms with Crippen molar-refractivity contribution >= 4 is 21.7 Å². The molecule has 1 atom stereocenters. The van der Waals surface area contributed by atoms with E-state index in [1.807, 2.05) is 12.1 Å². The lowest BCUT2D eigenvalue weighted by molar-refractivity contribution is 0.333. The van der Waals surface area contributed by atoms with E-state index in [1.54, 1.807) is 18.3 Å². The number of hydrogen-bond donors (Lipinski definition) is 0. The predicted molar refractivity (Wildman–Crippen MR) is 95.8 cm³/mol. The van der Waals surface area contributed by atoms with E-state index >= 15 is 0 Å². The molecule has 4 rings (SSSR count). The Morgan fingerprint density at radius 2 is 2.00 bits per heavy atom. The number of hydrogen-bond acceptors (Lipinski definition) is 5. The first-order valence-corrected chi connectivity index (χ1v) is 8.94. The van der Waals surface area contributed by atoms with Crippen LogP contribution < -0.4 is 4.90 Å². The highest BCUT2D eigenvalue weighted by atomic mass is 79.9. The molecule has 5 nitrogen and oxygen atoms in total. The monoisotopic (exact) mass is 402 g/mol. The van der Waals surface area contributed by atoms with Crippen molar-refractivity contribution in [3.8, 4) is 11.4 Å². The number of aromatic nitrogens is 3. The lowest BCUT2D eigenvalue weighted by Crippen LogP contribution is -2.35. The van der Waals surface area contributed by atoms with Crippen LogP contribution in [0.3, 0.4) is 0 Å². The molecule has 3 heterocycles. The Bertz CT molecular complexity index is 850. The van der Waals surface area contributed by atoms with Gasteiger partial charge in [-0.05, 0) is 65.2 Å². The Morgan fingerprint density at radius 3 is 2.76 bits per heavy atom. The van der Waals surface area contributed by atoms with Crippen molar-refractivity contribution in [1.29, 1.82) is 0 Å². The van der Waals surface area contributed by atoms with Crippen LogP contribution in [-0.4, -0.2) is 28.2 Å². The molecular weight excluding hydrogens is 387 g/mol. The van der Waals surface area contributed by atoms with Crippen LogP contribution in [0.15, 0.2) is 51.6 Å². The van der Waals surface area contributed by atoms with E-state index in [4.69, 9.17) is 4.52 Å². The average Bonchev–Trinajstić information content (AvgIpc) is 3.13. The zero-order chi connectivity index (χ0) is 17.2. The van der Waals surface area contributed by atoms with Gasteiger partial charge in [0.05, 0.1) is 5.92 Å². The van der Waals surface area contributed by atoms with E-state index in [-0.39, 0.29) is 11.7 Å². The molecule has 1 aliphatic rings. The van der Waals surface area contributed by atoms with E-state index in [9.17, 15) is 4.39 Å². The van der Waals surface area contributed by atoms with E-state index < -0.39 is 0 Å². The van der Waals surface area contributed by atoms with Gasteiger partial charge in [0.25, 0.3) is 0 Å². The number of halogens is 2. The second-order valence-corrected chi connectivity index (χ2v) is 7.00. The quantitative estimate of drug-likeness (QED) is 0.648. The van der Waals surface area contributed by atoms with Crippen molar-refractivity contribution in [2.75, 3.05) is 18.0 Å². The Labute approximate surface area is 153 Å². The Balaban J connectivity index is 1.51. The molecule has 0 spiro atoms. The maximum Gasteiger partial charge on any atom is 0.231 e. The third-order valence-electron chi connectivity index (χ3n) is 4.35. The Morgan fingerprint density at radius 1 is 1.16 bits per heavy atom. The molecule has 7 heteroatoms. The van der Waals surface area contributed by atoms with Gasteiger partial charge in [-0.2, -0.15) is 4.98 Å². The highest BCUT2D eigenvalue weighted by molar-refractivity contribution is 9.10. The van der Waals surface area contributed by atoms with Gasteiger partial charge in [0.15, 0.2) is 0 Å². The van der Waals surface area contributed by atoms with Crippen LogP contribution in [0.4, 0.5) is 10.2 Å². The lowest BCUT2D eigenvalue weighted by atomic mass is 9.98. The average molecular weight is 403 g/mol. The van der Waals surface area contributed by atoms with E-state index in [0.29, 0.717) is 11.7 Å². The molecule has 1 aliphatic heterocycles. The van der Waals surface area contributed by atoms with Crippen molar-refractivity contribution in [2.45, 2.75) is 18.8 Å². The van der Waals surface area contributed by atoms with Crippen LogP contribution in [0.1, 0.15) is 24.7 Å². The third kappa shape index (κ3) is 3.56. The second-order valence-electron chi connectivity index (χ2n) is 6.08. The molecule has 1 fully saturated rings. The summed E-state index contributed by atoms with van der Waals surface area (Å²) in [6.45, 7) is 1.75. The van der Waals surface area contributed by atoms with Gasteiger partial charge in [0.1, 0.15) is 11.6 Å². The highest BCUT2D eigenvalue weighted by Gasteiger charge is 2.27. The predicted octanol–water partition coefficient (Wildman–Crippen LogP) is 4.42. The van der Waals surface area contributed by atoms with Crippen LogP contribution >= 0.6 is 15.9 Å². The Kier molecular flexibility index (Phi) is 4.48. The van der Waals surface area contributed by atoms with E-state index in [2.05, 4.69) is 36.0 Å². The molecule has 0 saturated carbocycles. The number of rotatable bonds is 3. The maximum atomic E-state index is 13.0. The van der Waals surface area contributed by atoms with E-state index in [0.717, 1.165) is 41.8 Å². The molecule has 0 N–H and O–H groups in total. The van der Waals surface area contributed by atoms with Crippen molar-refractivity contribution < 1.29 is 8.91 Å². The minimum atomic E-state index is -0.280. The minimum absolute atomic E-state index is 0.167. The lowest BCUT2D eigenvalue weighted by Gasteiger charge is -2.31. The van der Waals surface area contributed by atoms with E-state index in [1.165, 1.54) is 12.1 Å². The molecule has 2 aromatic heterocycles. The number of pyridine rings is 1. The van der Waals surface area contributed by atoms with Gasteiger partial charge in [-0.1, -0.05) is 5.16 Å². The summed E-state index contributed by atoms with van der Waals surface area (Å²) in [7, 11) is 0.